The van der Waals surface area contributed by atoms with Crippen LogP contribution in [-0.4, -0.2) is 11.0 Å². The van der Waals surface area contributed by atoms with Crippen LogP contribution in [0.25, 0.3) is 0 Å². The molecule has 0 saturated carbocycles. The second kappa shape index (κ2) is 3.34. The molecule has 0 aliphatic heterocycles. The molecule has 1 atom stereocenters. The summed E-state index contributed by atoms with van der Waals surface area (Å²) in [5.74, 6) is -0.421. The van der Waals surface area contributed by atoms with E-state index >= 15 is 0 Å². The number of amides is 1. The van der Waals surface area contributed by atoms with Gasteiger partial charge in [-0.25, -0.2) is 4.79 Å². The van der Waals surface area contributed by atoms with Crippen molar-refractivity contribution in [3.05, 3.63) is 29.5 Å². The number of aromatic hydroxyl groups is 1. The summed E-state index contributed by atoms with van der Waals surface area (Å²) in [4.78, 5) is 10.6. The van der Waals surface area contributed by atoms with Crippen LogP contribution in [0.1, 0.15) is 6.92 Å². The first-order chi connectivity index (χ1) is 5.61. The monoisotopic (exact) mass is 167 g/mol. The van der Waals surface area contributed by atoms with Gasteiger partial charge in [0.25, 0.3) is 0 Å². The van der Waals surface area contributed by atoms with Crippen molar-refractivity contribution in [2.24, 2.45) is 0 Å². The summed E-state index contributed by atoms with van der Waals surface area (Å²) < 4.78 is 0. The smallest absolute Gasteiger partial charge is 0.313 e. The molecule has 1 amide bonds. The van der Waals surface area contributed by atoms with E-state index in [-0.39, 0.29) is 5.75 Å². The van der Waals surface area contributed by atoms with Gasteiger partial charge in [0.2, 0.25) is 0 Å². The van der Waals surface area contributed by atoms with Gasteiger partial charge in [-0.2, -0.15) is 0 Å². The van der Waals surface area contributed by atoms with Crippen molar-refractivity contribution in [3.63, 3.8) is 0 Å². The zero-order valence-corrected chi connectivity index (χ0v) is 6.57. The molecule has 0 aliphatic carbocycles. The minimum atomic E-state index is -0.532. The Morgan fingerprint density at radius 2 is 1.92 bits per heavy atom. The van der Waals surface area contributed by atoms with Crippen LogP contribution in [0.15, 0.2) is 24.3 Å². The fourth-order valence-corrected chi connectivity index (χ4v) is 0.816. The number of phenolic OH excluding ortho intramolecular Hbond substituents is 1. The average molecular weight is 167 g/mol. The lowest BCUT2D eigenvalue weighted by Gasteiger charge is -2.16. The quantitative estimate of drug-likeness (QED) is 0.455. The summed E-state index contributed by atoms with van der Waals surface area (Å²) in [6, 6.07) is 5.57. The number of hydrogen-bond donors (Lipinski definition) is 2. The molecule has 1 aromatic rings. The highest BCUT2D eigenvalue weighted by atomic mass is 16.5. The number of hydrogen-bond acceptors (Lipinski definition) is 3. The Labute approximate surface area is 69.6 Å². The Morgan fingerprint density at radius 3 is 2.33 bits per heavy atom. The van der Waals surface area contributed by atoms with E-state index in [1.807, 2.05) is 0 Å². The van der Waals surface area contributed by atoms with E-state index in [4.69, 9.17) is 5.11 Å². The van der Waals surface area contributed by atoms with Gasteiger partial charge in [-0.05, 0) is 12.1 Å². The molecule has 0 fully saturated rings. The predicted octanol–water partition coefficient (Wildman–Crippen LogP) is -0.0471. The maximum Gasteiger partial charge on any atom is 0.313 e. The van der Waals surface area contributed by atoms with E-state index in [2.05, 4.69) is 0 Å². The van der Waals surface area contributed by atoms with Gasteiger partial charge < -0.3 is 10.3 Å². The fraction of sp³-hybridized carbons (Fsp3) is 0.125. The predicted molar refractivity (Wildman–Crippen MR) is 42.8 cm³/mol. The third-order valence-corrected chi connectivity index (χ3v) is 1.45. The number of carbonyl (C=O) groups excluding carboxylic acids is 1. The van der Waals surface area contributed by atoms with E-state index in [9.17, 15) is 10.0 Å². The normalized spacial score (nSPS) is 12.5. The first-order valence-corrected chi connectivity index (χ1v) is 3.45. The summed E-state index contributed by atoms with van der Waals surface area (Å²) in [5, 5.41) is 19.4. The molecule has 1 rings (SSSR count). The van der Waals surface area contributed by atoms with Gasteiger partial charge in [0, 0.05) is 12.1 Å². The molecule has 1 unspecified atom stereocenters. The Morgan fingerprint density at radius 1 is 1.42 bits per heavy atom. The van der Waals surface area contributed by atoms with Crippen LogP contribution in [-0.2, 0) is 4.79 Å². The van der Waals surface area contributed by atoms with Gasteiger partial charge in [0.15, 0.2) is 0 Å². The van der Waals surface area contributed by atoms with E-state index in [0.717, 1.165) is 0 Å². The van der Waals surface area contributed by atoms with E-state index in [1.165, 1.54) is 31.2 Å². The highest BCUT2D eigenvalue weighted by molar-refractivity contribution is 5.66. The van der Waals surface area contributed by atoms with Crippen molar-refractivity contribution in [3.8, 4) is 5.75 Å². The lowest BCUT2D eigenvalue weighted by molar-refractivity contribution is -0.688. The van der Waals surface area contributed by atoms with Gasteiger partial charge in [-0.3, -0.25) is 5.06 Å². The summed E-state index contributed by atoms with van der Waals surface area (Å²) in [6.07, 6.45) is 0. The third-order valence-electron chi connectivity index (χ3n) is 1.45. The first-order valence-electron chi connectivity index (χ1n) is 3.45. The van der Waals surface area contributed by atoms with Crippen molar-refractivity contribution in [2.75, 3.05) is 0 Å². The lowest BCUT2D eigenvalue weighted by Crippen LogP contribution is -3.04. The number of phenols is 1. The molecule has 64 valence electrons. The zero-order valence-electron chi connectivity index (χ0n) is 6.57. The first kappa shape index (κ1) is 8.70. The summed E-state index contributed by atoms with van der Waals surface area (Å²) in [7, 11) is 0. The molecule has 1 aromatic carbocycles. The van der Waals surface area contributed by atoms with Crippen LogP contribution in [0.2, 0.25) is 0 Å². The number of nitrogens with one attached hydrogen (secondary N) is 1. The maximum atomic E-state index is 11.0. The SMILES string of the molecule is CC(=O)[NH+]([O-])c1ccc(O)cc1. The van der Waals surface area contributed by atoms with Gasteiger partial charge in [-0.15, -0.1) is 0 Å². The highest BCUT2D eigenvalue weighted by Crippen LogP contribution is 2.09. The molecule has 4 nitrogen and oxygen atoms in total. The molecule has 2 N–H and O–H groups in total. The average Bonchev–Trinajstić information content (AvgIpc) is 2.04. The zero-order chi connectivity index (χ0) is 9.14. The highest BCUT2D eigenvalue weighted by Gasteiger charge is 2.06. The van der Waals surface area contributed by atoms with Crippen LogP contribution in [0.5, 0.6) is 5.75 Å². The molecule has 0 spiro atoms. The molecular weight excluding hydrogens is 158 g/mol. The fourth-order valence-electron chi connectivity index (χ4n) is 0.816. The van der Waals surface area contributed by atoms with Crippen LogP contribution in [0.3, 0.4) is 0 Å². The molecule has 0 heterocycles. The Kier molecular flexibility index (Phi) is 2.42. The molecule has 0 bridgehead atoms. The molecule has 0 aliphatic rings. The molecule has 0 radical (unpaired) electrons. The molecule has 12 heavy (non-hydrogen) atoms. The van der Waals surface area contributed by atoms with Crippen molar-refractivity contribution < 1.29 is 15.0 Å². The number of quaternary nitrogens is 1. The number of hydroxylamine groups is 1. The second-order valence-corrected chi connectivity index (χ2v) is 2.43. The Bertz CT molecular complexity index is 281. The van der Waals surface area contributed by atoms with E-state index in [1.54, 1.807) is 0 Å². The lowest BCUT2D eigenvalue weighted by atomic mass is 10.3. The number of rotatable bonds is 1. The summed E-state index contributed by atoms with van der Waals surface area (Å²) >= 11 is 0. The molecular formula is C8H9NO3. The standard InChI is InChI=1S/C8H9NO3/c1-6(10)9(12)7-2-4-8(11)5-3-7/h2-5,9,11H,1H3. The minimum Gasteiger partial charge on any atom is -0.621 e. The topological polar surface area (TPSA) is 64.8 Å². The summed E-state index contributed by atoms with van der Waals surface area (Å²) in [5.41, 5.74) is 0.306. The van der Waals surface area contributed by atoms with Gasteiger partial charge in [0.1, 0.15) is 11.4 Å². The van der Waals surface area contributed by atoms with Gasteiger partial charge in [-0.1, -0.05) is 0 Å². The Hall–Kier alpha value is -1.39. The van der Waals surface area contributed by atoms with Gasteiger partial charge >= 0.3 is 5.91 Å². The van der Waals surface area contributed by atoms with Crippen LogP contribution in [0, 0.1) is 5.21 Å². The summed E-state index contributed by atoms with van der Waals surface area (Å²) in [6.45, 7) is 1.22. The van der Waals surface area contributed by atoms with Crippen molar-refractivity contribution >= 4 is 11.6 Å². The third kappa shape index (κ3) is 1.81. The largest absolute Gasteiger partial charge is 0.621 e. The number of carbonyl (C=O) groups is 1. The maximum absolute atomic E-state index is 11.0. The molecule has 4 heteroatoms. The van der Waals surface area contributed by atoms with Crippen LogP contribution in [0.4, 0.5) is 5.69 Å². The van der Waals surface area contributed by atoms with E-state index in [0.29, 0.717) is 5.69 Å². The van der Waals surface area contributed by atoms with Crippen molar-refractivity contribution in [1.29, 1.82) is 0 Å². The molecule has 0 aromatic heterocycles. The van der Waals surface area contributed by atoms with Gasteiger partial charge in [0.05, 0.1) is 6.92 Å². The van der Waals surface area contributed by atoms with Crippen molar-refractivity contribution in [1.82, 2.24) is 0 Å². The van der Waals surface area contributed by atoms with Crippen LogP contribution < -0.4 is 5.06 Å². The van der Waals surface area contributed by atoms with Crippen LogP contribution >= 0.6 is 0 Å². The minimum absolute atomic E-state index is 0.0788. The number of benzene rings is 1. The van der Waals surface area contributed by atoms with Crippen molar-refractivity contribution in [2.45, 2.75) is 6.92 Å². The second-order valence-electron chi connectivity index (χ2n) is 2.43. The molecule has 0 saturated heterocycles. The Balaban J connectivity index is 2.89. The van der Waals surface area contributed by atoms with E-state index < -0.39 is 11.0 Å².